The number of primary amides is 1. The molecule has 5 nitrogen and oxygen atoms in total. The topological polar surface area (TPSA) is 95.6 Å². The van der Waals surface area contributed by atoms with Gasteiger partial charge in [-0.2, -0.15) is 5.26 Å². The highest BCUT2D eigenvalue weighted by Gasteiger charge is 2.06. The van der Waals surface area contributed by atoms with E-state index in [1.54, 1.807) is 30.6 Å². The minimum Gasteiger partial charge on any atom is -0.366 e. The molecule has 0 spiro atoms. The average Bonchev–Trinajstić information content (AvgIpc) is 2.95. The normalized spacial score (nSPS) is 10.9. The first-order valence-corrected chi connectivity index (χ1v) is 6.62. The SMILES string of the molecule is N#Cc1ccc(-c2cnc3[nH]cc(C=CC(N)=O)c3c2)cc1. The molecule has 0 unspecified atom stereocenters. The van der Waals surface area contributed by atoms with Crippen molar-refractivity contribution >= 4 is 23.0 Å². The third-order valence-electron chi connectivity index (χ3n) is 3.34. The number of amides is 1. The zero-order valence-electron chi connectivity index (χ0n) is 11.6. The van der Waals surface area contributed by atoms with Crippen LogP contribution in [0.2, 0.25) is 0 Å². The lowest BCUT2D eigenvalue weighted by Gasteiger charge is -2.02. The number of aromatic nitrogens is 2. The molecule has 2 aromatic heterocycles. The molecular weight excluding hydrogens is 276 g/mol. The zero-order valence-corrected chi connectivity index (χ0v) is 11.6. The summed E-state index contributed by atoms with van der Waals surface area (Å²) in [5.41, 5.74) is 9.23. The fraction of sp³-hybridized carbons (Fsp3) is 0. The number of benzene rings is 1. The monoisotopic (exact) mass is 288 g/mol. The van der Waals surface area contributed by atoms with Gasteiger partial charge in [0.2, 0.25) is 5.91 Å². The van der Waals surface area contributed by atoms with Gasteiger partial charge in [0.1, 0.15) is 5.65 Å². The van der Waals surface area contributed by atoms with E-state index in [0.29, 0.717) is 5.56 Å². The van der Waals surface area contributed by atoms with E-state index < -0.39 is 5.91 Å². The number of pyridine rings is 1. The van der Waals surface area contributed by atoms with Crippen LogP contribution in [0.4, 0.5) is 0 Å². The van der Waals surface area contributed by atoms with Gasteiger partial charge in [-0.25, -0.2) is 4.98 Å². The molecule has 0 saturated carbocycles. The van der Waals surface area contributed by atoms with Crippen LogP contribution in [0.15, 0.2) is 48.8 Å². The number of nitrogens with zero attached hydrogens (tertiary/aromatic N) is 2. The van der Waals surface area contributed by atoms with E-state index in [9.17, 15) is 4.79 Å². The van der Waals surface area contributed by atoms with Crippen molar-refractivity contribution in [2.45, 2.75) is 0 Å². The molecule has 2 heterocycles. The van der Waals surface area contributed by atoms with E-state index in [2.05, 4.69) is 16.0 Å². The first-order valence-electron chi connectivity index (χ1n) is 6.62. The summed E-state index contributed by atoms with van der Waals surface area (Å²) in [6.07, 6.45) is 6.52. The summed E-state index contributed by atoms with van der Waals surface area (Å²) in [5, 5.41) is 9.74. The molecule has 5 heteroatoms. The van der Waals surface area contributed by atoms with Gasteiger partial charge < -0.3 is 10.7 Å². The molecule has 22 heavy (non-hydrogen) atoms. The van der Waals surface area contributed by atoms with Crippen molar-refractivity contribution in [2.75, 3.05) is 0 Å². The number of aromatic amines is 1. The van der Waals surface area contributed by atoms with Crippen LogP contribution in [0.25, 0.3) is 28.2 Å². The molecule has 3 N–H and O–H groups in total. The van der Waals surface area contributed by atoms with Crippen LogP contribution >= 0.6 is 0 Å². The molecule has 3 rings (SSSR count). The zero-order chi connectivity index (χ0) is 15.5. The van der Waals surface area contributed by atoms with Gasteiger partial charge in [0.05, 0.1) is 11.6 Å². The van der Waals surface area contributed by atoms with Gasteiger partial charge >= 0.3 is 0 Å². The van der Waals surface area contributed by atoms with Crippen molar-refractivity contribution in [2.24, 2.45) is 5.73 Å². The highest BCUT2D eigenvalue weighted by molar-refractivity contribution is 5.95. The van der Waals surface area contributed by atoms with Crippen LogP contribution in [0, 0.1) is 11.3 Å². The number of hydrogen-bond acceptors (Lipinski definition) is 3. The Bertz CT molecular complexity index is 914. The molecule has 0 fully saturated rings. The van der Waals surface area contributed by atoms with Crippen LogP contribution in [0.3, 0.4) is 0 Å². The number of fused-ring (bicyclic) bond motifs is 1. The summed E-state index contributed by atoms with van der Waals surface area (Å²) in [5.74, 6) is -0.495. The van der Waals surface area contributed by atoms with Gasteiger partial charge in [0.15, 0.2) is 0 Å². The Balaban J connectivity index is 2.06. The molecule has 3 aromatic rings. The van der Waals surface area contributed by atoms with Crippen molar-refractivity contribution < 1.29 is 4.79 Å². The Morgan fingerprint density at radius 1 is 1.27 bits per heavy atom. The molecule has 0 atom stereocenters. The van der Waals surface area contributed by atoms with Gasteiger partial charge in [0.25, 0.3) is 0 Å². The summed E-state index contributed by atoms with van der Waals surface area (Å²) in [6, 6.07) is 11.4. The molecule has 0 bridgehead atoms. The predicted octanol–water partition coefficient (Wildman–Crippen LogP) is 2.60. The molecule has 0 radical (unpaired) electrons. The van der Waals surface area contributed by atoms with Crippen molar-refractivity contribution in [1.82, 2.24) is 9.97 Å². The Morgan fingerprint density at radius 3 is 2.73 bits per heavy atom. The van der Waals surface area contributed by atoms with Gasteiger partial charge in [0, 0.05) is 35.0 Å². The van der Waals surface area contributed by atoms with Crippen molar-refractivity contribution in [3.05, 3.63) is 59.9 Å². The largest absolute Gasteiger partial charge is 0.366 e. The van der Waals surface area contributed by atoms with E-state index >= 15 is 0 Å². The number of carbonyl (C=O) groups is 1. The average molecular weight is 288 g/mol. The summed E-state index contributed by atoms with van der Waals surface area (Å²) in [6.45, 7) is 0. The predicted molar refractivity (Wildman–Crippen MR) is 84.5 cm³/mol. The number of H-pyrrole nitrogens is 1. The third-order valence-corrected chi connectivity index (χ3v) is 3.34. The lowest BCUT2D eigenvalue weighted by Crippen LogP contribution is -2.04. The third kappa shape index (κ3) is 2.58. The number of nitriles is 1. The van der Waals surface area contributed by atoms with E-state index in [1.165, 1.54) is 6.08 Å². The van der Waals surface area contributed by atoms with E-state index in [-0.39, 0.29) is 0 Å². The van der Waals surface area contributed by atoms with E-state index in [4.69, 9.17) is 11.0 Å². The molecule has 1 amide bonds. The number of nitrogens with two attached hydrogens (primary N) is 1. The first kappa shape index (κ1) is 13.6. The number of hydrogen-bond donors (Lipinski definition) is 2. The summed E-state index contributed by atoms with van der Waals surface area (Å²) >= 11 is 0. The smallest absolute Gasteiger partial charge is 0.241 e. The Morgan fingerprint density at radius 2 is 2.05 bits per heavy atom. The molecule has 0 aliphatic carbocycles. The molecule has 0 saturated heterocycles. The van der Waals surface area contributed by atoms with E-state index in [0.717, 1.165) is 27.7 Å². The Hall–Kier alpha value is -3.39. The molecular formula is C17H12N4O. The molecule has 0 aliphatic rings. The molecule has 1 aromatic carbocycles. The molecule has 106 valence electrons. The Labute approximate surface area is 126 Å². The second kappa shape index (κ2) is 5.54. The van der Waals surface area contributed by atoms with E-state index in [1.807, 2.05) is 18.2 Å². The highest BCUT2D eigenvalue weighted by Crippen LogP contribution is 2.25. The lowest BCUT2D eigenvalue weighted by atomic mass is 10.0. The summed E-state index contributed by atoms with van der Waals surface area (Å²) < 4.78 is 0. The van der Waals surface area contributed by atoms with Crippen molar-refractivity contribution in [3.63, 3.8) is 0 Å². The maximum atomic E-state index is 10.9. The number of carbonyl (C=O) groups excluding carboxylic acids is 1. The quantitative estimate of drug-likeness (QED) is 0.725. The minimum atomic E-state index is -0.495. The lowest BCUT2D eigenvalue weighted by molar-refractivity contribution is -0.113. The van der Waals surface area contributed by atoms with Crippen LogP contribution in [0.1, 0.15) is 11.1 Å². The number of rotatable bonds is 3. The summed E-state index contributed by atoms with van der Waals surface area (Å²) in [7, 11) is 0. The van der Waals surface area contributed by atoms with Crippen LogP contribution in [-0.4, -0.2) is 15.9 Å². The van der Waals surface area contributed by atoms with Crippen LogP contribution in [0.5, 0.6) is 0 Å². The standard InChI is InChI=1S/C17H12N4O/c18-8-11-1-3-12(4-2-11)14-7-15-13(5-6-16(19)22)9-20-17(15)21-10-14/h1-7,9-10H,(H2,19,22)(H,20,21). The van der Waals surface area contributed by atoms with Crippen LogP contribution < -0.4 is 5.73 Å². The van der Waals surface area contributed by atoms with Crippen molar-refractivity contribution in [1.29, 1.82) is 5.26 Å². The highest BCUT2D eigenvalue weighted by atomic mass is 16.1. The second-order valence-corrected chi connectivity index (χ2v) is 4.79. The minimum absolute atomic E-state index is 0.495. The molecule has 0 aliphatic heterocycles. The fourth-order valence-electron chi connectivity index (χ4n) is 2.23. The fourth-order valence-corrected chi connectivity index (χ4v) is 2.23. The van der Waals surface area contributed by atoms with Crippen molar-refractivity contribution in [3.8, 4) is 17.2 Å². The van der Waals surface area contributed by atoms with Gasteiger partial charge in [-0.05, 0) is 29.8 Å². The maximum Gasteiger partial charge on any atom is 0.241 e. The summed E-state index contributed by atoms with van der Waals surface area (Å²) in [4.78, 5) is 18.3. The first-order chi connectivity index (χ1) is 10.7. The van der Waals surface area contributed by atoms with Gasteiger partial charge in [-0.3, -0.25) is 4.79 Å². The maximum absolute atomic E-state index is 10.9. The second-order valence-electron chi connectivity index (χ2n) is 4.79. The van der Waals surface area contributed by atoms with Gasteiger partial charge in [-0.1, -0.05) is 12.1 Å². The van der Waals surface area contributed by atoms with Crippen LogP contribution in [-0.2, 0) is 4.79 Å². The van der Waals surface area contributed by atoms with Gasteiger partial charge in [-0.15, -0.1) is 0 Å². The number of nitrogens with one attached hydrogen (secondary N) is 1. The Kier molecular flexibility index (Phi) is 3.42.